The number of carbonyl (C=O) groups excluding carboxylic acids is 2. The highest BCUT2D eigenvalue weighted by atomic mass is 32.2. The molecular formula is C26H28N4O6S2. The Kier molecular flexibility index (Phi) is 9.57. The lowest BCUT2D eigenvalue weighted by Gasteiger charge is -2.23. The fourth-order valence-electron chi connectivity index (χ4n) is 3.83. The molecule has 1 aromatic heterocycles. The molecule has 0 aliphatic heterocycles. The Morgan fingerprint density at radius 2 is 1.84 bits per heavy atom. The van der Waals surface area contributed by atoms with Crippen molar-refractivity contribution in [3.8, 4) is 11.5 Å². The molecule has 38 heavy (non-hydrogen) atoms. The van der Waals surface area contributed by atoms with Gasteiger partial charge in [0.15, 0.2) is 11.5 Å². The van der Waals surface area contributed by atoms with Crippen molar-refractivity contribution in [2.75, 3.05) is 26.5 Å². The van der Waals surface area contributed by atoms with Crippen LogP contribution in [0.15, 0.2) is 41.8 Å². The first-order valence-corrected chi connectivity index (χ1v) is 14.1. The maximum absolute atomic E-state index is 13.7. The Labute approximate surface area is 225 Å². The van der Waals surface area contributed by atoms with Crippen LogP contribution in [0.2, 0.25) is 0 Å². The number of hydrogen-bond acceptors (Lipinski definition) is 8. The summed E-state index contributed by atoms with van der Waals surface area (Å²) in [6.07, 6.45) is 1.25. The number of amides is 1. The van der Waals surface area contributed by atoms with Crippen molar-refractivity contribution in [2.45, 2.75) is 26.3 Å². The summed E-state index contributed by atoms with van der Waals surface area (Å²) in [4.78, 5) is 35.2. The minimum atomic E-state index is -3.99. The Morgan fingerprint density at radius 3 is 2.45 bits per heavy atom. The number of ether oxygens (including phenoxy) is 2. The van der Waals surface area contributed by atoms with E-state index in [9.17, 15) is 18.0 Å². The fourth-order valence-corrected chi connectivity index (χ4v) is 5.16. The average molecular weight is 557 g/mol. The van der Waals surface area contributed by atoms with Crippen LogP contribution in [0.1, 0.15) is 43.4 Å². The van der Waals surface area contributed by atoms with E-state index in [0.717, 1.165) is 22.5 Å². The van der Waals surface area contributed by atoms with E-state index in [1.807, 2.05) is 25.1 Å². The number of benzene rings is 2. The Morgan fingerprint density at radius 1 is 1.16 bits per heavy atom. The zero-order chi connectivity index (χ0) is 27.9. The topological polar surface area (TPSA) is 133 Å². The van der Waals surface area contributed by atoms with Crippen molar-refractivity contribution in [3.05, 3.63) is 80.6 Å². The second kappa shape index (κ2) is 12.6. The van der Waals surface area contributed by atoms with Crippen molar-refractivity contribution in [1.29, 1.82) is 0 Å². The van der Waals surface area contributed by atoms with E-state index in [-0.39, 0.29) is 18.1 Å². The number of primary sulfonamides is 1. The van der Waals surface area contributed by atoms with Crippen LogP contribution in [0, 0.1) is 13.5 Å². The summed E-state index contributed by atoms with van der Waals surface area (Å²) in [5, 5.41) is 6.91. The van der Waals surface area contributed by atoms with Crippen LogP contribution in [0.3, 0.4) is 0 Å². The maximum atomic E-state index is 13.7. The van der Waals surface area contributed by atoms with E-state index in [1.165, 1.54) is 19.6 Å². The summed E-state index contributed by atoms with van der Waals surface area (Å²) in [5.41, 5.74) is 2.64. The van der Waals surface area contributed by atoms with E-state index < -0.39 is 21.6 Å². The number of nitrogens with zero attached hydrogens (tertiary/aromatic N) is 3. The van der Waals surface area contributed by atoms with Crippen molar-refractivity contribution < 1.29 is 27.5 Å². The molecule has 0 aliphatic carbocycles. The van der Waals surface area contributed by atoms with Gasteiger partial charge in [-0.2, -0.15) is 0 Å². The number of Topliss-reactive ketones (excluding diaryl/α,β-unsaturated/α-hetero) is 1. The number of aromatic nitrogens is 1. The normalized spacial score (nSPS) is 11.0. The van der Waals surface area contributed by atoms with Crippen molar-refractivity contribution in [3.63, 3.8) is 0 Å². The molecule has 0 saturated carbocycles. The molecule has 0 spiro atoms. The van der Waals surface area contributed by atoms with Gasteiger partial charge in [0.2, 0.25) is 10.0 Å². The molecule has 0 fully saturated rings. The number of nitrogens with two attached hydrogens (primary N) is 1. The molecule has 1 amide bonds. The monoisotopic (exact) mass is 556 g/mol. The van der Waals surface area contributed by atoms with E-state index in [2.05, 4.69) is 9.83 Å². The number of ketones is 1. The molecule has 1 heterocycles. The molecule has 0 radical (unpaired) electrons. The molecule has 0 atom stereocenters. The molecule has 2 aromatic carbocycles. The van der Waals surface area contributed by atoms with Gasteiger partial charge in [0.1, 0.15) is 28.0 Å². The molecule has 12 heteroatoms. The van der Waals surface area contributed by atoms with Crippen LogP contribution in [-0.4, -0.2) is 56.5 Å². The summed E-state index contributed by atoms with van der Waals surface area (Å²) in [6, 6.07) is 10.6. The van der Waals surface area contributed by atoms with Gasteiger partial charge < -0.3 is 14.4 Å². The zero-order valence-corrected chi connectivity index (χ0v) is 22.9. The molecule has 0 aliphatic rings. The SMILES string of the molecule is [C-]#[N+]c1cccc(CCCN(Cc2nc(C(=O)CS(N)(=O)=O)cs2)C(=O)c2cc(OC)c(C)c(OC)c2)c1. The Hall–Kier alpha value is -3.79. The zero-order valence-electron chi connectivity index (χ0n) is 21.3. The van der Waals surface area contributed by atoms with Crippen molar-refractivity contribution in [1.82, 2.24) is 9.88 Å². The van der Waals surface area contributed by atoms with E-state index in [4.69, 9.17) is 21.2 Å². The lowest BCUT2D eigenvalue weighted by Crippen LogP contribution is -2.32. The largest absolute Gasteiger partial charge is 0.496 e. The number of hydrogen-bond donors (Lipinski definition) is 1. The van der Waals surface area contributed by atoms with Crippen LogP contribution < -0.4 is 14.6 Å². The van der Waals surface area contributed by atoms with Crippen molar-refractivity contribution in [2.24, 2.45) is 5.14 Å². The van der Waals surface area contributed by atoms with Crippen LogP contribution >= 0.6 is 11.3 Å². The quantitative estimate of drug-likeness (QED) is 0.265. The van der Waals surface area contributed by atoms with Gasteiger partial charge in [-0.25, -0.2) is 23.4 Å². The van der Waals surface area contributed by atoms with E-state index >= 15 is 0 Å². The molecule has 2 N–H and O–H groups in total. The second-order valence-corrected chi connectivity index (χ2v) is 11.0. The number of thiazole rings is 1. The highest BCUT2D eigenvalue weighted by Crippen LogP contribution is 2.30. The number of methoxy groups -OCH3 is 2. The summed E-state index contributed by atoms with van der Waals surface area (Å²) in [7, 11) is -0.957. The second-order valence-electron chi connectivity index (χ2n) is 8.47. The van der Waals surface area contributed by atoms with E-state index in [0.29, 0.717) is 47.1 Å². The molecule has 3 rings (SSSR count). The molecule has 0 saturated heterocycles. The minimum Gasteiger partial charge on any atom is -0.496 e. The van der Waals surface area contributed by atoms with Gasteiger partial charge in [0.05, 0.1) is 27.3 Å². The standard InChI is InChI=1S/C26H28N4O6S2/c1-17-23(35-3)12-19(13-24(17)36-4)26(32)30(10-6-8-18-7-5-9-20(11-18)28-2)14-25-29-21(15-37-25)22(31)16-38(27,33)34/h5,7,9,11-13,15H,6,8,10,14,16H2,1,3-4H3,(H2,27,33,34). The molecule has 200 valence electrons. The van der Waals surface area contributed by atoms with Gasteiger partial charge in [-0.05, 0) is 31.9 Å². The fraction of sp³-hybridized carbons (Fsp3) is 0.308. The van der Waals surface area contributed by atoms with Crippen LogP contribution in [0.5, 0.6) is 11.5 Å². The molecule has 0 bridgehead atoms. The summed E-state index contributed by atoms with van der Waals surface area (Å²) in [5.74, 6) is -0.821. The third kappa shape index (κ3) is 7.61. The highest BCUT2D eigenvalue weighted by Gasteiger charge is 2.22. The van der Waals surface area contributed by atoms with Gasteiger partial charge in [-0.15, -0.1) is 11.3 Å². The Balaban J connectivity index is 1.86. The first kappa shape index (κ1) is 28.8. The lowest BCUT2D eigenvalue weighted by atomic mass is 10.1. The molecule has 10 nitrogen and oxygen atoms in total. The van der Waals surface area contributed by atoms with Gasteiger partial charge in [0.25, 0.3) is 5.91 Å². The average Bonchev–Trinajstić information content (AvgIpc) is 3.36. The first-order chi connectivity index (χ1) is 18.0. The minimum absolute atomic E-state index is 0.0129. The lowest BCUT2D eigenvalue weighted by molar-refractivity contribution is 0.0740. The number of carbonyl (C=O) groups is 2. The van der Waals surface area contributed by atoms with Crippen molar-refractivity contribution >= 4 is 38.7 Å². The smallest absolute Gasteiger partial charge is 0.254 e. The summed E-state index contributed by atoms with van der Waals surface area (Å²) < 4.78 is 33.4. The summed E-state index contributed by atoms with van der Waals surface area (Å²) in [6.45, 7) is 9.50. The third-order valence-corrected chi connectivity index (χ3v) is 7.21. The summed E-state index contributed by atoms with van der Waals surface area (Å²) >= 11 is 1.15. The van der Waals surface area contributed by atoms with Gasteiger partial charge in [-0.1, -0.05) is 29.8 Å². The van der Waals surface area contributed by atoms with Gasteiger partial charge in [0, 0.05) is 23.1 Å². The number of rotatable bonds is 12. The third-order valence-electron chi connectivity index (χ3n) is 5.72. The number of sulfonamides is 1. The van der Waals surface area contributed by atoms with Gasteiger partial charge in [-0.3, -0.25) is 9.59 Å². The molecule has 0 unspecified atom stereocenters. The molecule has 3 aromatic rings. The van der Waals surface area contributed by atoms with E-state index in [1.54, 1.807) is 23.1 Å². The maximum Gasteiger partial charge on any atom is 0.254 e. The van der Waals surface area contributed by atoms with Gasteiger partial charge >= 0.3 is 0 Å². The van der Waals surface area contributed by atoms with Crippen LogP contribution in [0.4, 0.5) is 5.69 Å². The molecular weight excluding hydrogens is 528 g/mol. The predicted molar refractivity (Wildman–Crippen MR) is 144 cm³/mol. The first-order valence-electron chi connectivity index (χ1n) is 11.5. The van der Waals surface area contributed by atoms with Crippen LogP contribution in [-0.2, 0) is 23.0 Å². The predicted octanol–water partition coefficient (Wildman–Crippen LogP) is 3.77. The Bertz CT molecular complexity index is 1450. The van der Waals surface area contributed by atoms with Crippen LogP contribution in [0.25, 0.3) is 4.85 Å². The highest BCUT2D eigenvalue weighted by molar-refractivity contribution is 7.89. The number of aryl methyl sites for hydroxylation is 1.